The molecule has 11 heavy (non-hydrogen) atoms. The van der Waals surface area contributed by atoms with E-state index in [9.17, 15) is 22.0 Å². The molecule has 0 N–H and O–H groups in total. The predicted octanol–water partition coefficient (Wildman–Crippen LogP) is 3.87. The highest BCUT2D eigenvalue weighted by atomic mass is 79.9. The largest absolute Gasteiger partial charge is 0.424 e. The second-order valence-corrected chi connectivity index (χ2v) is 4.78. The lowest BCUT2D eigenvalue weighted by atomic mass is 10.4. The smallest absolute Gasteiger partial charge is 0.190 e. The number of halogens is 8. The van der Waals surface area contributed by atoms with Crippen LogP contribution in [0.3, 0.4) is 0 Å². The molecule has 0 aromatic carbocycles. The van der Waals surface area contributed by atoms with Gasteiger partial charge in [-0.05, 0) is 31.9 Å². The monoisotopic (exact) mass is 324 g/mol. The summed E-state index contributed by atoms with van der Waals surface area (Å²) >= 11 is 7.65. The maximum atomic E-state index is 12.0. The number of hydrogen-bond donors (Lipinski definition) is 0. The molecule has 0 amide bonds. The van der Waals surface area contributed by atoms with Gasteiger partial charge in [0.15, 0.2) is 0 Å². The first kappa shape index (κ1) is 11.9. The van der Waals surface area contributed by atoms with Gasteiger partial charge in [-0.3, -0.25) is 0 Å². The number of alkyl halides is 8. The van der Waals surface area contributed by atoms with Gasteiger partial charge in [-0.25, -0.2) is 0 Å². The van der Waals surface area contributed by atoms with Gasteiger partial charge in [0.25, 0.3) is 3.78 Å². The Morgan fingerprint density at radius 3 is 1.18 bits per heavy atom. The van der Waals surface area contributed by atoms with E-state index in [0.29, 0.717) is 0 Å². The molecule has 0 saturated carbocycles. The average molecular weight is 326 g/mol. The first-order valence-electron chi connectivity index (χ1n) is 2.01. The zero-order chi connectivity index (χ0) is 9.50. The van der Waals surface area contributed by atoms with Crippen molar-refractivity contribution in [3.8, 4) is 0 Å². The Kier molecular flexibility index (Phi) is 3.24. The lowest BCUT2D eigenvalue weighted by Gasteiger charge is -2.27. The molecule has 8 heteroatoms. The standard InChI is InChI=1S/C3Br2ClF5/c4-1(6,2(5,7)8)3(9,10)11/t1-/m1/s1. The molecule has 0 heterocycles. The highest BCUT2D eigenvalue weighted by molar-refractivity contribution is 9.13. The molecule has 0 unspecified atom stereocenters. The molecule has 0 fully saturated rings. The van der Waals surface area contributed by atoms with Crippen molar-refractivity contribution in [2.75, 3.05) is 0 Å². The lowest BCUT2D eigenvalue weighted by molar-refractivity contribution is -0.168. The normalized spacial score (nSPS) is 19.6. The fourth-order valence-electron chi connectivity index (χ4n) is 0.161. The van der Waals surface area contributed by atoms with Crippen LogP contribution in [0.5, 0.6) is 0 Å². The van der Waals surface area contributed by atoms with Gasteiger partial charge in [-0.15, -0.1) is 0 Å². The molecule has 0 aromatic rings. The first-order chi connectivity index (χ1) is 4.50. The Morgan fingerprint density at radius 1 is 0.909 bits per heavy atom. The molecule has 68 valence electrons. The molecule has 0 aromatic heterocycles. The van der Waals surface area contributed by atoms with E-state index in [2.05, 4.69) is 11.6 Å². The van der Waals surface area contributed by atoms with E-state index in [-0.39, 0.29) is 0 Å². The molecule has 0 nitrogen and oxygen atoms in total. The molecule has 0 spiro atoms. The average Bonchev–Trinajstić information content (AvgIpc) is 1.58. The van der Waals surface area contributed by atoms with Crippen LogP contribution in [-0.4, -0.2) is 14.8 Å². The molecule has 0 aliphatic heterocycles. The molecule has 0 aliphatic carbocycles. The van der Waals surface area contributed by atoms with Crippen LogP contribution >= 0.6 is 43.5 Å². The Bertz CT molecular complexity index is 131. The van der Waals surface area contributed by atoms with Crippen molar-refractivity contribution in [3.63, 3.8) is 0 Å². The maximum Gasteiger partial charge on any atom is 0.424 e. The minimum atomic E-state index is -5.23. The van der Waals surface area contributed by atoms with Gasteiger partial charge in [0.2, 0.25) is 0 Å². The third-order valence-electron chi connectivity index (χ3n) is 0.712. The van der Waals surface area contributed by atoms with Crippen LogP contribution in [0.25, 0.3) is 0 Å². The summed E-state index contributed by atoms with van der Waals surface area (Å²) in [6.45, 7) is 0. The van der Waals surface area contributed by atoms with Gasteiger partial charge in [0.05, 0.1) is 0 Å². The zero-order valence-corrected chi connectivity index (χ0v) is 8.45. The van der Waals surface area contributed by atoms with E-state index < -0.39 is 14.8 Å². The van der Waals surface area contributed by atoms with Gasteiger partial charge in [0, 0.05) is 0 Å². The van der Waals surface area contributed by atoms with E-state index >= 15 is 0 Å². The van der Waals surface area contributed by atoms with Crippen molar-refractivity contribution in [1.29, 1.82) is 0 Å². The van der Waals surface area contributed by atoms with Crippen LogP contribution in [0.4, 0.5) is 22.0 Å². The minimum Gasteiger partial charge on any atom is -0.190 e. The summed E-state index contributed by atoms with van der Waals surface area (Å²) in [6.07, 6.45) is -5.23. The van der Waals surface area contributed by atoms with Crippen molar-refractivity contribution in [1.82, 2.24) is 0 Å². The van der Waals surface area contributed by atoms with Gasteiger partial charge >= 0.3 is 11.0 Å². The van der Waals surface area contributed by atoms with Crippen molar-refractivity contribution < 1.29 is 22.0 Å². The van der Waals surface area contributed by atoms with Crippen LogP contribution in [-0.2, 0) is 0 Å². The molecule has 0 rings (SSSR count). The Balaban J connectivity index is 4.75. The molecule has 0 bridgehead atoms. The summed E-state index contributed by atoms with van der Waals surface area (Å²) in [5.74, 6) is 0. The third-order valence-corrected chi connectivity index (χ3v) is 3.47. The molecule has 1 atom stereocenters. The van der Waals surface area contributed by atoms with E-state index in [1.165, 1.54) is 15.9 Å². The fourth-order valence-corrected chi connectivity index (χ4v) is 0.386. The zero-order valence-electron chi connectivity index (χ0n) is 4.52. The first-order valence-corrected chi connectivity index (χ1v) is 3.98. The van der Waals surface area contributed by atoms with Crippen LogP contribution in [0.1, 0.15) is 0 Å². The predicted molar refractivity (Wildman–Crippen MR) is 37.4 cm³/mol. The molecule has 0 aliphatic rings. The summed E-state index contributed by atoms with van der Waals surface area (Å²) in [4.78, 5) is -4.25. The third kappa shape index (κ3) is 2.42. The summed E-state index contributed by atoms with van der Waals surface area (Å²) in [5, 5.41) is 0. The topological polar surface area (TPSA) is 0 Å². The lowest BCUT2D eigenvalue weighted by Crippen LogP contribution is -2.45. The van der Waals surface area contributed by atoms with Gasteiger partial charge in [-0.2, -0.15) is 22.0 Å². The van der Waals surface area contributed by atoms with Crippen molar-refractivity contribution in [2.45, 2.75) is 14.8 Å². The molecule has 0 saturated heterocycles. The van der Waals surface area contributed by atoms with Crippen LogP contribution in [0.2, 0.25) is 0 Å². The van der Waals surface area contributed by atoms with E-state index in [1.54, 1.807) is 15.9 Å². The van der Waals surface area contributed by atoms with Crippen molar-refractivity contribution >= 4 is 43.5 Å². The Morgan fingerprint density at radius 2 is 1.18 bits per heavy atom. The summed E-state index contributed by atoms with van der Waals surface area (Å²) in [6, 6.07) is 0. The fraction of sp³-hybridized carbons (Fsp3) is 1.00. The van der Waals surface area contributed by atoms with Crippen molar-refractivity contribution in [3.05, 3.63) is 0 Å². The van der Waals surface area contributed by atoms with Gasteiger partial charge in [-0.1, -0.05) is 11.6 Å². The van der Waals surface area contributed by atoms with E-state index in [4.69, 9.17) is 0 Å². The SMILES string of the molecule is FC(F)(F)[C@@](Cl)(Br)C(F)(F)Br. The van der Waals surface area contributed by atoms with Crippen LogP contribution in [0.15, 0.2) is 0 Å². The summed E-state index contributed by atoms with van der Waals surface area (Å²) < 4.78 is 55.2. The minimum absolute atomic E-state index is 1.50. The maximum absolute atomic E-state index is 12.0. The number of rotatable bonds is 1. The highest BCUT2D eigenvalue weighted by Crippen LogP contribution is 2.54. The quantitative estimate of drug-likeness (QED) is 0.507. The van der Waals surface area contributed by atoms with Crippen LogP contribution < -0.4 is 0 Å². The molecule has 0 radical (unpaired) electrons. The van der Waals surface area contributed by atoms with Crippen molar-refractivity contribution in [2.24, 2.45) is 0 Å². The van der Waals surface area contributed by atoms with E-state index in [0.717, 1.165) is 0 Å². The van der Waals surface area contributed by atoms with Gasteiger partial charge in [0.1, 0.15) is 0 Å². The highest BCUT2D eigenvalue weighted by Gasteiger charge is 2.66. The van der Waals surface area contributed by atoms with Crippen LogP contribution in [0, 0.1) is 0 Å². The Hall–Kier alpha value is 0.900. The van der Waals surface area contributed by atoms with Gasteiger partial charge < -0.3 is 0 Å². The summed E-state index contributed by atoms with van der Waals surface area (Å²) in [7, 11) is 0. The second-order valence-electron chi connectivity index (χ2n) is 1.57. The Labute approximate surface area is 80.3 Å². The molecular weight excluding hydrogens is 326 g/mol. The summed E-state index contributed by atoms with van der Waals surface area (Å²) in [5.41, 5.74) is 0. The van der Waals surface area contributed by atoms with E-state index in [1.807, 2.05) is 0 Å². The number of hydrogen-bond acceptors (Lipinski definition) is 0. The molecular formula is C3Br2ClF5. The second kappa shape index (κ2) is 2.99.